The van der Waals surface area contributed by atoms with Crippen LogP contribution < -0.4 is 19.6 Å². The Morgan fingerprint density at radius 3 is 2.21 bits per heavy atom. The summed E-state index contributed by atoms with van der Waals surface area (Å²) in [6.45, 7) is -6.04. The van der Waals surface area contributed by atoms with E-state index in [9.17, 15) is 22.4 Å². The van der Waals surface area contributed by atoms with E-state index >= 15 is 0 Å². The highest BCUT2D eigenvalue weighted by atomic mass is 127. The number of benzene rings is 2. The van der Waals surface area contributed by atoms with E-state index in [0.29, 0.717) is 5.56 Å². The lowest BCUT2D eigenvalue weighted by Crippen LogP contribution is -2.08. The lowest BCUT2D eigenvalue weighted by atomic mass is 10.1. The zero-order valence-electron chi connectivity index (χ0n) is 14.0. The van der Waals surface area contributed by atoms with E-state index in [4.69, 9.17) is 9.15 Å². The first-order valence-electron chi connectivity index (χ1n) is 7.64. The minimum Gasteiger partial charge on any atom is -0.495 e. The Morgan fingerprint density at radius 1 is 1.00 bits per heavy atom. The van der Waals surface area contributed by atoms with Gasteiger partial charge in [-0.2, -0.15) is 17.6 Å². The molecule has 148 valence electrons. The topological polar surface area (TPSA) is 57.9 Å². The molecule has 0 saturated heterocycles. The van der Waals surface area contributed by atoms with Gasteiger partial charge in [0.2, 0.25) is 0 Å². The molecule has 0 spiro atoms. The fourth-order valence-electron chi connectivity index (χ4n) is 2.56. The Hall–Kier alpha value is -2.50. The summed E-state index contributed by atoms with van der Waals surface area (Å²) in [5.74, 6) is -0.117. The Kier molecular flexibility index (Phi) is 5.96. The van der Waals surface area contributed by atoms with Crippen molar-refractivity contribution < 1.29 is 36.2 Å². The van der Waals surface area contributed by atoms with Crippen molar-refractivity contribution in [1.29, 1.82) is 0 Å². The Labute approximate surface area is 168 Å². The predicted molar refractivity (Wildman–Crippen MR) is 100 cm³/mol. The molecule has 2 aromatic carbocycles. The summed E-state index contributed by atoms with van der Waals surface area (Å²) in [5.41, 5.74) is -0.0969. The van der Waals surface area contributed by atoms with Crippen molar-refractivity contribution in [3.8, 4) is 28.6 Å². The van der Waals surface area contributed by atoms with Crippen LogP contribution in [-0.2, 0) is 0 Å². The number of hydrogen-bond donors (Lipinski definition) is 0. The first-order chi connectivity index (χ1) is 13.3. The third-order valence-corrected chi connectivity index (χ3v) is 4.69. The van der Waals surface area contributed by atoms with Gasteiger partial charge in [-0.15, -0.1) is 0 Å². The fourth-order valence-corrected chi connectivity index (χ4v) is 3.33. The summed E-state index contributed by atoms with van der Waals surface area (Å²) in [6.07, 6.45) is 0. The molecule has 0 fully saturated rings. The van der Waals surface area contributed by atoms with Gasteiger partial charge >= 0.3 is 13.2 Å². The highest BCUT2D eigenvalue weighted by Crippen LogP contribution is 2.38. The Morgan fingerprint density at radius 2 is 1.64 bits per heavy atom. The summed E-state index contributed by atoms with van der Waals surface area (Å²) in [7, 11) is 1.29. The molecule has 1 aromatic heterocycles. The minimum atomic E-state index is -3.08. The molecule has 0 amide bonds. The van der Waals surface area contributed by atoms with Crippen molar-refractivity contribution in [3.05, 3.63) is 50.2 Å². The maximum absolute atomic E-state index is 12.7. The monoisotopic (exact) mass is 510 g/mol. The second kappa shape index (κ2) is 8.25. The molecule has 3 aromatic rings. The van der Waals surface area contributed by atoms with Gasteiger partial charge in [-0.25, -0.2) is 0 Å². The van der Waals surface area contributed by atoms with Crippen molar-refractivity contribution in [1.82, 2.24) is 0 Å². The van der Waals surface area contributed by atoms with Crippen LogP contribution in [0.2, 0.25) is 0 Å². The van der Waals surface area contributed by atoms with E-state index in [0.717, 1.165) is 0 Å². The third-order valence-electron chi connectivity index (χ3n) is 3.66. The quantitative estimate of drug-likeness (QED) is 0.334. The molecular formula is C18H11F4IO5. The van der Waals surface area contributed by atoms with Gasteiger partial charge < -0.3 is 18.6 Å². The molecule has 10 heteroatoms. The van der Waals surface area contributed by atoms with E-state index in [1.54, 1.807) is 22.6 Å². The highest BCUT2D eigenvalue weighted by Gasteiger charge is 2.20. The number of hydrogen-bond acceptors (Lipinski definition) is 5. The molecule has 0 atom stereocenters. The predicted octanol–water partition coefficient (Wildman–Crippen LogP) is 5.28. The van der Waals surface area contributed by atoms with E-state index in [1.165, 1.54) is 43.5 Å². The van der Waals surface area contributed by atoms with Crippen LogP contribution in [0, 0.1) is 3.57 Å². The summed E-state index contributed by atoms with van der Waals surface area (Å²) in [5, 5.41) is 0.0647. The third kappa shape index (κ3) is 4.16. The molecule has 0 saturated carbocycles. The van der Waals surface area contributed by atoms with Crippen LogP contribution in [0.15, 0.2) is 45.6 Å². The molecular weight excluding hydrogens is 499 g/mol. The molecule has 0 N–H and O–H groups in total. The van der Waals surface area contributed by atoms with Crippen molar-refractivity contribution in [2.75, 3.05) is 7.11 Å². The largest absolute Gasteiger partial charge is 0.495 e. The summed E-state index contributed by atoms with van der Waals surface area (Å²) >= 11 is 1.73. The maximum atomic E-state index is 12.7. The molecule has 0 bridgehead atoms. The number of alkyl halides is 4. The second-order valence-electron chi connectivity index (χ2n) is 5.35. The van der Waals surface area contributed by atoms with Crippen LogP contribution in [0.1, 0.15) is 0 Å². The number of methoxy groups -OCH3 is 1. The second-order valence-corrected chi connectivity index (χ2v) is 6.43. The van der Waals surface area contributed by atoms with E-state index in [-0.39, 0.29) is 37.5 Å². The van der Waals surface area contributed by atoms with Crippen molar-refractivity contribution in [3.63, 3.8) is 0 Å². The smallest absolute Gasteiger partial charge is 0.387 e. The van der Waals surface area contributed by atoms with Gasteiger partial charge in [0.25, 0.3) is 0 Å². The Bertz CT molecular complexity index is 1050. The molecule has 5 nitrogen and oxygen atoms in total. The maximum Gasteiger partial charge on any atom is 0.387 e. The first-order valence-corrected chi connectivity index (χ1v) is 8.72. The summed E-state index contributed by atoms with van der Waals surface area (Å²) < 4.78 is 69.6. The molecule has 0 aliphatic rings. The van der Waals surface area contributed by atoms with Crippen molar-refractivity contribution in [2.24, 2.45) is 0 Å². The standard InChI is InChI=1S/C18H11F4IO5/c1-25-16-14-10(24)6-11(8-2-4-9(5-3-8)26-17(19)20)27-12(14)7-13(15(16)23)28-18(21)22/h2-7,17-18H,1H3. The van der Waals surface area contributed by atoms with E-state index in [1.807, 2.05) is 0 Å². The number of ether oxygens (including phenoxy) is 3. The van der Waals surface area contributed by atoms with E-state index in [2.05, 4.69) is 9.47 Å². The van der Waals surface area contributed by atoms with Crippen molar-refractivity contribution >= 4 is 33.6 Å². The van der Waals surface area contributed by atoms with Gasteiger partial charge in [0.15, 0.2) is 11.2 Å². The lowest BCUT2D eigenvalue weighted by molar-refractivity contribution is -0.0509. The summed E-state index contributed by atoms with van der Waals surface area (Å²) in [4.78, 5) is 12.6. The van der Waals surface area contributed by atoms with Crippen LogP contribution in [0.3, 0.4) is 0 Å². The van der Waals surface area contributed by atoms with Crippen molar-refractivity contribution in [2.45, 2.75) is 13.2 Å². The van der Waals surface area contributed by atoms with Crippen LogP contribution in [0.5, 0.6) is 17.2 Å². The molecule has 0 radical (unpaired) electrons. The normalized spacial score (nSPS) is 11.3. The van der Waals surface area contributed by atoms with Gasteiger partial charge in [0.05, 0.1) is 10.7 Å². The number of halogens is 5. The zero-order chi connectivity index (χ0) is 20.4. The molecule has 0 aliphatic carbocycles. The van der Waals surface area contributed by atoms with E-state index < -0.39 is 18.7 Å². The van der Waals surface area contributed by atoms with Gasteiger partial charge in [0.1, 0.15) is 28.2 Å². The SMILES string of the molecule is COc1c(I)c(OC(F)F)cc2oc(-c3ccc(OC(F)F)cc3)cc(=O)c12. The summed E-state index contributed by atoms with van der Waals surface area (Å²) in [6, 6.07) is 7.77. The fraction of sp³-hybridized carbons (Fsp3) is 0.167. The zero-order valence-corrected chi connectivity index (χ0v) is 16.2. The number of rotatable bonds is 6. The lowest BCUT2D eigenvalue weighted by Gasteiger charge is -2.13. The van der Waals surface area contributed by atoms with Gasteiger partial charge in [-0.05, 0) is 46.9 Å². The molecule has 0 unspecified atom stereocenters. The van der Waals surface area contributed by atoms with Crippen LogP contribution >= 0.6 is 22.6 Å². The molecule has 28 heavy (non-hydrogen) atoms. The molecule has 1 heterocycles. The average molecular weight is 510 g/mol. The van der Waals surface area contributed by atoms with Gasteiger partial charge in [-0.1, -0.05) is 0 Å². The van der Waals surface area contributed by atoms with Crippen LogP contribution in [-0.4, -0.2) is 20.3 Å². The van der Waals surface area contributed by atoms with Crippen LogP contribution in [0.4, 0.5) is 17.6 Å². The highest BCUT2D eigenvalue weighted by molar-refractivity contribution is 14.1. The van der Waals surface area contributed by atoms with Crippen LogP contribution in [0.25, 0.3) is 22.3 Å². The minimum absolute atomic E-state index is 0.0247. The van der Waals surface area contributed by atoms with Gasteiger partial charge in [0, 0.05) is 17.7 Å². The molecule has 3 rings (SSSR count). The van der Waals surface area contributed by atoms with Gasteiger partial charge in [-0.3, -0.25) is 4.79 Å². The molecule has 0 aliphatic heterocycles. The average Bonchev–Trinajstić information content (AvgIpc) is 2.62. The first kappa shape index (κ1) is 20.2. The Balaban J connectivity index is 2.13. The number of fused-ring (bicyclic) bond motifs is 1.